The van der Waals surface area contributed by atoms with Crippen LogP contribution in [-0.4, -0.2) is 72.5 Å². The van der Waals surface area contributed by atoms with E-state index in [1.54, 1.807) is 30.1 Å². The van der Waals surface area contributed by atoms with Crippen molar-refractivity contribution in [2.75, 3.05) is 44.7 Å². The fourth-order valence-corrected chi connectivity index (χ4v) is 4.57. The number of hydrogen-bond acceptors (Lipinski definition) is 8. The van der Waals surface area contributed by atoms with Crippen molar-refractivity contribution in [3.63, 3.8) is 0 Å². The Kier molecular flexibility index (Phi) is 12.7. The number of likely N-dealkylation sites (N-methyl/N-ethyl adjacent to an activating group) is 2. The molecule has 14 heteroatoms. The Balaban J connectivity index is 0.00000308. The standard InChI is InChI=1S/C28H34FN7O4.2ClH/c1-4-31-9-10-32-25(37)15-35(16-26(38)34(3)36-13-20-5-7-22(29)12-21(20)14-36)24-8-6-19(11-18(24)2)28-33-23(17-40-28)27(30)39;;/h5-8,11-12,17,31H,4,9-10,13-16H2,1-3H3,(H2,30,39)(H,32,37);2*1H. The summed E-state index contributed by atoms with van der Waals surface area (Å²) in [4.78, 5) is 43.5. The second-order valence-electron chi connectivity index (χ2n) is 9.62. The number of fused-ring (bicyclic) bond motifs is 1. The van der Waals surface area contributed by atoms with Crippen molar-refractivity contribution in [2.45, 2.75) is 26.9 Å². The van der Waals surface area contributed by atoms with Crippen LogP contribution >= 0.6 is 24.8 Å². The summed E-state index contributed by atoms with van der Waals surface area (Å²) in [7, 11) is 1.67. The molecule has 42 heavy (non-hydrogen) atoms. The topological polar surface area (TPSA) is 137 Å². The molecule has 4 rings (SSSR count). The summed E-state index contributed by atoms with van der Waals surface area (Å²) in [5.74, 6) is -1.22. The summed E-state index contributed by atoms with van der Waals surface area (Å²) in [5.41, 5.74) is 9.18. The van der Waals surface area contributed by atoms with Gasteiger partial charge in [0.25, 0.3) is 11.8 Å². The molecule has 1 aliphatic heterocycles. The highest BCUT2D eigenvalue weighted by Gasteiger charge is 2.27. The van der Waals surface area contributed by atoms with Gasteiger partial charge in [-0.05, 0) is 60.5 Å². The number of carbonyl (C=O) groups excluding carboxylic acids is 3. The maximum Gasteiger partial charge on any atom is 0.270 e. The van der Waals surface area contributed by atoms with Crippen molar-refractivity contribution in [1.82, 2.24) is 25.6 Å². The van der Waals surface area contributed by atoms with Crippen LogP contribution in [0.3, 0.4) is 0 Å². The SMILES string of the molecule is CCNCCNC(=O)CN(CC(=O)N(C)N1Cc2ccc(F)cc2C1)c1ccc(-c2nc(C(N)=O)co2)cc1C.Cl.Cl. The van der Waals surface area contributed by atoms with Gasteiger partial charge in [-0.1, -0.05) is 13.0 Å². The van der Waals surface area contributed by atoms with Crippen LogP contribution in [0.5, 0.6) is 0 Å². The van der Waals surface area contributed by atoms with Gasteiger partial charge >= 0.3 is 0 Å². The Morgan fingerprint density at radius 1 is 1.07 bits per heavy atom. The van der Waals surface area contributed by atoms with Crippen LogP contribution in [0.1, 0.15) is 34.1 Å². The lowest BCUT2D eigenvalue weighted by Crippen LogP contribution is -2.48. The van der Waals surface area contributed by atoms with Crippen LogP contribution in [0.4, 0.5) is 10.1 Å². The van der Waals surface area contributed by atoms with E-state index >= 15 is 0 Å². The molecular formula is C28H36Cl2FN7O4. The third-order valence-electron chi connectivity index (χ3n) is 6.73. The minimum atomic E-state index is -0.691. The number of nitrogens with two attached hydrogens (primary N) is 1. The van der Waals surface area contributed by atoms with Gasteiger partial charge in [0, 0.05) is 44.5 Å². The maximum absolute atomic E-state index is 13.7. The minimum Gasteiger partial charge on any atom is -0.444 e. The second-order valence-corrected chi connectivity index (χ2v) is 9.62. The first-order valence-electron chi connectivity index (χ1n) is 13.0. The van der Waals surface area contributed by atoms with E-state index in [2.05, 4.69) is 15.6 Å². The van der Waals surface area contributed by atoms with E-state index in [1.807, 2.05) is 24.9 Å². The molecule has 0 spiro atoms. The number of carbonyl (C=O) groups is 3. The summed E-state index contributed by atoms with van der Waals surface area (Å²) >= 11 is 0. The summed E-state index contributed by atoms with van der Waals surface area (Å²) in [6, 6.07) is 9.98. The first-order valence-corrected chi connectivity index (χ1v) is 13.0. The van der Waals surface area contributed by atoms with E-state index in [-0.39, 0.29) is 67.1 Å². The maximum atomic E-state index is 13.7. The molecule has 2 heterocycles. The number of benzene rings is 2. The van der Waals surface area contributed by atoms with Crippen LogP contribution < -0.4 is 21.3 Å². The van der Waals surface area contributed by atoms with E-state index in [0.717, 1.165) is 23.2 Å². The van der Waals surface area contributed by atoms with Gasteiger partial charge in [-0.3, -0.25) is 19.4 Å². The summed E-state index contributed by atoms with van der Waals surface area (Å²) in [6.45, 7) is 6.53. The minimum absolute atomic E-state index is 0. The number of hydrogen-bond donors (Lipinski definition) is 3. The number of nitrogens with one attached hydrogen (secondary N) is 2. The molecule has 228 valence electrons. The average Bonchev–Trinajstić information content (AvgIpc) is 3.58. The van der Waals surface area contributed by atoms with Crippen molar-refractivity contribution in [1.29, 1.82) is 0 Å². The highest BCUT2D eigenvalue weighted by molar-refractivity contribution is 5.91. The Hall–Kier alpha value is -3.71. The van der Waals surface area contributed by atoms with E-state index in [9.17, 15) is 18.8 Å². The predicted molar refractivity (Wildman–Crippen MR) is 162 cm³/mol. The molecule has 3 aromatic rings. The highest BCUT2D eigenvalue weighted by Crippen LogP contribution is 2.28. The molecule has 0 saturated carbocycles. The number of halogens is 3. The smallest absolute Gasteiger partial charge is 0.270 e. The van der Waals surface area contributed by atoms with Gasteiger partial charge < -0.3 is 25.7 Å². The fraction of sp³-hybridized carbons (Fsp3) is 0.357. The molecule has 11 nitrogen and oxygen atoms in total. The average molecular weight is 625 g/mol. The molecule has 0 aliphatic carbocycles. The monoisotopic (exact) mass is 623 g/mol. The van der Waals surface area contributed by atoms with Gasteiger partial charge in [0.15, 0.2) is 5.69 Å². The molecule has 1 aromatic heterocycles. The zero-order chi connectivity index (χ0) is 28.8. The quantitative estimate of drug-likeness (QED) is 0.262. The van der Waals surface area contributed by atoms with Crippen LogP contribution in [-0.2, 0) is 22.7 Å². The molecule has 2 aromatic carbocycles. The molecule has 0 fully saturated rings. The van der Waals surface area contributed by atoms with E-state index < -0.39 is 5.91 Å². The van der Waals surface area contributed by atoms with Crippen molar-refractivity contribution in [3.8, 4) is 11.5 Å². The van der Waals surface area contributed by atoms with Gasteiger partial charge in [0.05, 0.1) is 13.1 Å². The normalized spacial score (nSPS) is 12.1. The van der Waals surface area contributed by atoms with Crippen LogP contribution in [0, 0.1) is 12.7 Å². The van der Waals surface area contributed by atoms with E-state index in [0.29, 0.717) is 37.4 Å². The van der Waals surface area contributed by atoms with Crippen molar-refractivity contribution in [2.24, 2.45) is 5.73 Å². The number of anilines is 1. The second kappa shape index (κ2) is 15.5. The summed E-state index contributed by atoms with van der Waals surface area (Å²) in [5, 5.41) is 9.40. The molecular weight excluding hydrogens is 588 g/mol. The third kappa shape index (κ3) is 8.41. The van der Waals surface area contributed by atoms with Gasteiger partial charge in [0.1, 0.15) is 12.1 Å². The summed E-state index contributed by atoms with van der Waals surface area (Å²) < 4.78 is 19.1. The van der Waals surface area contributed by atoms with E-state index in [4.69, 9.17) is 10.2 Å². The Morgan fingerprint density at radius 2 is 1.81 bits per heavy atom. The van der Waals surface area contributed by atoms with Gasteiger partial charge in [-0.25, -0.2) is 14.4 Å². The molecule has 4 N–H and O–H groups in total. The molecule has 0 saturated heterocycles. The number of aromatic nitrogens is 1. The molecule has 1 aliphatic rings. The molecule has 0 unspecified atom stereocenters. The largest absolute Gasteiger partial charge is 0.444 e. The lowest BCUT2D eigenvalue weighted by atomic mass is 10.1. The first kappa shape index (κ1) is 34.5. The van der Waals surface area contributed by atoms with Crippen molar-refractivity contribution in [3.05, 3.63) is 70.9 Å². The molecule has 0 atom stereocenters. The number of oxazole rings is 1. The Morgan fingerprint density at radius 3 is 2.48 bits per heavy atom. The molecule has 3 amide bonds. The third-order valence-corrected chi connectivity index (χ3v) is 6.73. The first-order chi connectivity index (χ1) is 19.2. The number of hydrazine groups is 1. The summed E-state index contributed by atoms with van der Waals surface area (Å²) in [6.07, 6.45) is 1.20. The highest BCUT2D eigenvalue weighted by atomic mass is 35.5. The van der Waals surface area contributed by atoms with E-state index in [1.165, 1.54) is 23.4 Å². The Bertz CT molecular complexity index is 1400. The number of nitrogens with zero attached hydrogens (tertiary/aromatic N) is 4. The number of amides is 3. The predicted octanol–water partition coefficient (Wildman–Crippen LogP) is 2.65. The Labute approximate surface area is 256 Å². The zero-order valence-corrected chi connectivity index (χ0v) is 25.3. The van der Waals surface area contributed by atoms with Gasteiger partial charge in [-0.2, -0.15) is 0 Å². The fourth-order valence-electron chi connectivity index (χ4n) is 4.57. The van der Waals surface area contributed by atoms with Crippen molar-refractivity contribution < 1.29 is 23.2 Å². The van der Waals surface area contributed by atoms with Crippen LogP contribution in [0.15, 0.2) is 47.1 Å². The van der Waals surface area contributed by atoms with Gasteiger partial charge in [0.2, 0.25) is 11.8 Å². The lowest BCUT2D eigenvalue weighted by molar-refractivity contribution is -0.145. The zero-order valence-electron chi connectivity index (χ0n) is 23.7. The van der Waals surface area contributed by atoms with Crippen LogP contribution in [0.2, 0.25) is 0 Å². The number of rotatable bonds is 12. The molecule has 0 bridgehead atoms. The number of primary amides is 1. The lowest BCUT2D eigenvalue weighted by Gasteiger charge is -2.32. The van der Waals surface area contributed by atoms with Crippen molar-refractivity contribution >= 4 is 48.2 Å². The van der Waals surface area contributed by atoms with Gasteiger partial charge in [-0.15, -0.1) is 24.8 Å². The number of aryl methyl sites for hydroxylation is 1. The molecule has 0 radical (unpaired) electrons. The van der Waals surface area contributed by atoms with Crippen LogP contribution in [0.25, 0.3) is 11.5 Å².